The molecule has 0 radical (unpaired) electrons. The van der Waals surface area contributed by atoms with Crippen molar-refractivity contribution in [2.24, 2.45) is 7.05 Å². The standard InChI is InChI=1S/C24H24N4O4S/c1-14-21(15(2)28(4)27-14)26-22(29)16(3)31-23(30)18-10-6-5-9-17(18)13-33-24-25-19-11-7-8-12-20(19)32-24/h5-12,16H,13H2,1-4H3,(H,26,29). The zero-order valence-electron chi connectivity index (χ0n) is 18.8. The summed E-state index contributed by atoms with van der Waals surface area (Å²) in [5.74, 6) is -0.515. The van der Waals surface area contributed by atoms with E-state index in [1.165, 1.54) is 11.8 Å². The van der Waals surface area contributed by atoms with Crippen molar-refractivity contribution in [1.29, 1.82) is 0 Å². The minimum absolute atomic E-state index is 0.398. The number of anilines is 1. The fourth-order valence-corrected chi connectivity index (χ4v) is 4.20. The van der Waals surface area contributed by atoms with Gasteiger partial charge in [0.05, 0.1) is 22.6 Å². The molecule has 4 rings (SSSR count). The second-order valence-electron chi connectivity index (χ2n) is 7.60. The maximum Gasteiger partial charge on any atom is 0.339 e. The Bertz CT molecular complexity index is 1290. The fraction of sp³-hybridized carbons (Fsp3) is 0.250. The molecule has 0 saturated carbocycles. The Hall–Kier alpha value is -3.59. The molecule has 0 saturated heterocycles. The summed E-state index contributed by atoms with van der Waals surface area (Å²) in [6.45, 7) is 5.21. The molecule has 0 aliphatic heterocycles. The van der Waals surface area contributed by atoms with Gasteiger partial charge < -0.3 is 14.5 Å². The third-order valence-electron chi connectivity index (χ3n) is 5.27. The predicted octanol–water partition coefficient (Wildman–Crippen LogP) is 4.65. The highest BCUT2D eigenvalue weighted by Gasteiger charge is 2.23. The molecule has 2 heterocycles. The molecule has 1 unspecified atom stereocenters. The first-order valence-corrected chi connectivity index (χ1v) is 11.4. The fourth-order valence-electron chi connectivity index (χ4n) is 3.35. The number of para-hydroxylation sites is 2. The van der Waals surface area contributed by atoms with E-state index < -0.39 is 18.0 Å². The van der Waals surface area contributed by atoms with Crippen molar-refractivity contribution in [2.75, 3.05) is 5.32 Å². The molecule has 170 valence electrons. The van der Waals surface area contributed by atoms with Crippen molar-refractivity contribution < 1.29 is 18.7 Å². The van der Waals surface area contributed by atoms with Gasteiger partial charge in [-0.2, -0.15) is 5.10 Å². The van der Waals surface area contributed by atoms with Gasteiger partial charge >= 0.3 is 5.97 Å². The number of carbonyl (C=O) groups excluding carboxylic acids is 2. The number of aryl methyl sites for hydroxylation is 2. The lowest BCUT2D eigenvalue weighted by atomic mass is 10.1. The third-order valence-corrected chi connectivity index (χ3v) is 6.15. The van der Waals surface area contributed by atoms with Crippen LogP contribution in [0.15, 0.2) is 58.2 Å². The van der Waals surface area contributed by atoms with Crippen LogP contribution in [0, 0.1) is 13.8 Å². The van der Waals surface area contributed by atoms with Crippen LogP contribution in [0.25, 0.3) is 11.1 Å². The highest BCUT2D eigenvalue weighted by atomic mass is 32.2. The molecular weight excluding hydrogens is 440 g/mol. The summed E-state index contributed by atoms with van der Waals surface area (Å²) in [7, 11) is 1.80. The third kappa shape index (κ3) is 4.93. The molecule has 33 heavy (non-hydrogen) atoms. The number of rotatable bonds is 7. The van der Waals surface area contributed by atoms with E-state index in [0.717, 1.165) is 16.8 Å². The van der Waals surface area contributed by atoms with Crippen molar-refractivity contribution in [1.82, 2.24) is 14.8 Å². The Labute approximate surface area is 195 Å². The number of nitrogens with one attached hydrogen (secondary N) is 1. The molecule has 9 heteroatoms. The summed E-state index contributed by atoms with van der Waals surface area (Å²) in [5, 5.41) is 7.61. The van der Waals surface area contributed by atoms with E-state index in [2.05, 4.69) is 15.4 Å². The summed E-state index contributed by atoms with van der Waals surface area (Å²) in [4.78, 5) is 29.9. The van der Waals surface area contributed by atoms with E-state index >= 15 is 0 Å². The molecule has 0 spiro atoms. The molecule has 0 fully saturated rings. The normalized spacial score (nSPS) is 12.0. The molecule has 0 bridgehead atoms. The van der Waals surface area contributed by atoms with Crippen LogP contribution in [-0.2, 0) is 22.3 Å². The molecule has 8 nitrogen and oxygen atoms in total. The van der Waals surface area contributed by atoms with E-state index in [4.69, 9.17) is 9.15 Å². The van der Waals surface area contributed by atoms with Crippen LogP contribution < -0.4 is 5.32 Å². The first-order valence-electron chi connectivity index (χ1n) is 10.4. The zero-order valence-corrected chi connectivity index (χ0v) is 19.6. The van der Waals surface area contributed by atoms with E-state index in [1.807, 2.05) is 50.2 Å². The van der Waals surface area contributed by atoms with Crippen LogP contribution >= 0.6 is 11.8 Å². The topological polar surface area (TPSA) is 99.2 Å². The second kappa shape index (κ2) is 9.50. The lowest BCUT2D eigenvalue weighted by molar-refractivity contribution is -0.123. The number of amides is 1. The summed E-state index contributed by atoms with van der Waals surface area (Å²) in [6.07, 6.45) is -0.978. The number of fused-ring (bicyclic) bond motifs is 1. The van der Waals surface area contributed by atoms with E-state index in [0.29, 0.717) is 33.5 Å². The number of hydrogen-bond donors (Lipinski definition) is 1. The maximum atomic E-state index is 12.9. The Balaban J connectivity index is 1.42. The van der Waals surface area contributed by atoms with Crippen LogP contribution in [0.5, 0.6) is 0 Å². The molecule has 1 atom stereocenters. The Morgan fingerprint density at radius 3 is 2.61 bits per heavy atom. The number of ether oxygens (including phenoxy) is 1. The summed E-state index contributed by atoms with van der Waals surface area (Å²) >= 11 is 1.39. The number of hydrogen-bond acceptors (Lipinski definition) is 7. The average Bonchev–Trinajstić information content (AvgIpc) is 3.33. The highest BCUT2D eigenvalue weighted by Crippen LogP contribution is 2.27. The number of thioether (sulfide) groups is 1. The van der Waals surface area contributed by atoms with E-state index in [1.54, 1.807) is 30.8 Å². The van der Waals surface area contributed by atoms with Crippen LogP contribution in [0.1, 0.15) is 34.2 Å². The lowest BCUT2D eigenvalue weighted by Gasteiger charge is -2.15. The maximum absolute atomic E-state index is 12.9. The van der Waals surface area contributed by atoms with Gasteiger partial charge in [0.1, 0.15) is 5.52 Å². The molecule has 4 aromatic rings. The lowest BCUT2D eigenvalue weighted by Crippen LogP contribution is -2.30. The Kier molecular flexibility index (Phi) is 6.50. The first-order chi connectivity index (χ1) is 15.8. The van der Waals surface area contributed by atoms with Gasteiger partial charge in [0.15, 0.2) is 11.7 Å². The van der Waals surface area contributed by atoms with Gasteiger partial charge in [0, 0.05) is 12.8 Å². The number of carbonyl (C=O) groups is 2. The molecule has 1 amide bonds. The molecule has 0 aliphatic carbocycles. The summed E-state index contributed by atoms with van der Waals surface area (Å²) in [6, 6.07) is 14.7. The second-order valence-corrected chi connectivity index (χ2v) is 8.53. The average molecular weight is 465 g/mol. The number of esters is 1. The highest BCUT2D eigenvalue weighted by molar-refractivity contribution is 7.98. The predicted molar refractivity (Wildman–Crippen MR) is 126 cm³/mol. The van der Waals surface area contributed by atoms with Gasteiger partial charge in [0.25, 0.3) is 11.1 Å². The van der Waals surface area contributed by atoms with Crippen molar-refractivity contribution in [3.05, 3.63) is 71.0 Å². The molecular formula is C24H24N4O4S. The van der Waals surface area contributed by atoms with E-state index in [9.17, 15) is 9.59 Å². The van der Waals surface area contributed by atoms with Gasteiger partial charge in [-0.3, -0.25) is 9.48 Å². The minimum Gasteiger partial charge on any atom is -0.449 e. The van der Waals surface area contributed by atoms with Crippen molar-refractivity contribution in [3.8, 4) is 0 Å². The monoisotopic (exact) mass is 464 g/mol. The largest absolute Gasteiger partial charge is 0.449 e. The number of oxazole rings is 1. The quantitative estimate of drug-likeness (QED) is 0.314. The zero-order chi connectivity index (χ0) is 23.5. The van der Waals surface area contributed by atoms with Crippen LogP contribution in [0.3, 0.4) is 0 Å². The van der Waals surface area contributed by atoms with Gasteiger partial charge in [-0.05, 0) is 44.5 Å². The Morgan fingerprint density at radius 2 is 1.88 bits per heavy atom. The minimum atomic E-state index is -0.978. The first kappa shape index (κ1) is 22.6. The number of aromatic nitrogens is 3. The SMILES string of the molecule is Cc1nn(C)c(C)c1NC(=O)C(C)OC(=O)c1ccccc1CSc1nc2ccccc2o1. The van der Waals surface area contributed by atoms with Crippen LogP contribution in [0.4, 0.5) is 5.69 Å². The Morgan fingerprint density at radius 1 is 1.15 bits per heavy atom. The van der Waals surface area contributed by atoms with Gasteiger partial charge in [-0.1, -0.05) is 42.1 Å². The number of nitrogens with zero attached hydrogens (tertiary/aromatic N) is 3. The molecule has 1 N–H and O–H groups in total. The van der Waals surface area contributed by atoms with Gasteiger partial charge in [0.2, 0.25) is 0 Å². The van der Waals surface area contributed by atoms with Crippen molar-refractivity contribution in [2.45, 2.75) is 37.9 Å². The van der Waals surface area contributed by atoms with Crippen molar-refractivity contribution in [3.63, 3.8) is 0 Å². The summed E-state index contributed by atoms with van der Waals surface area (Å²) < 4.78 is 12.9. The van der Waals surface area contributed by atoms with E-state index in [-0.39, 0.29) is 0 Å². The summed E-state index contributed by atoms with van der Waals surface area (Å²) in [5.41, 5.74) is 4.80. The number of benzene rings is 2. The van der Waals surface area contributed by atoms with Gasteiger partial charge in [-0.25, -0.2) is 9.78 Å². The van der Waals surface area contributed by atoms with Crippen LogP contribution in [0.2, 0.25) is 0 Å². The molecule has 2 aromatic carbocycles. The van der Waals surface area contributed by atoms with Crippen LogP contribution in [-0.4, -0.2) is 32.7 Å². The van der Waals surface area contributed by atoms with Crippen molar-refractivity contribution >= 4 is 40.4 Å². The molecule has 0 aliphatic rings. The van der Waals surface area contributed by atoms with Gasteiger partial charge in [-0.15, -0.1) is 0 Å². The smallest absolute Gasteiger partial charge is 0.339 e. The molecule has 2 aromatic heterocycles.